The van der Waals surface area contributed by atoms with E-state index in [2.05, 4.69) is 4.72 Å². The highest BCUT2D eigenvalue weighted by Gasteiger charge is 2.25. The Kier molecular flexibility index (Phi) is 5.18. The van der Waals surface area contributed by atoms with E-state index in [0.29, 0.717) is 13.1 Å². The Bertz CT molecular complexity index is 535. The van der Waals surface area contributed by atoms with Crippen LogP contribution in [-0.2, 0) is 10.2 Å². The fraction of sp³-hybridized carbons (Fsp3) is 0.600. The molecule has 2 rings (SSSR count). The second-order valence-corrected chi connectivity index (χ2v) is 7.22. The standard InChI is InChI=1S/C15H24N2O2S/c1-13-9-5-6-10-15(13)14(2)16-20(18,19)17-11-7-3-4-8-12-17/h5-6,9-10,14,16H,3-4,7-8,11-12H2,1-2H3/t14-/m1/s1. The summed E-state index contributed by atoms with van der Waals surface area (Å²) < 4.78 is 29.3. The molecule has 0 bridgehead atoms. The third kappa shape index (κ3) is 3.81. The molecule has 1 aliphatic heterocycles. The lowest BCUT2D eigenvalue weighted by Crippen LogP contribution is -2.42. The molecular formula is C15H24N2O2S. The van der Waals surface area contributed by atoms with Crippen LogP contribution in [0.1, 0.15) is 49.8 Å². The molecule has 1 heterocycles. The second-order valence-electron chi connectivity index (χ2n) is 5.51. The van der Waals surface area contributed by atoms with Crippen LogP contribution in [0.5, 0.6) is 0 Å². The van der Waals surface area contributed by atoms with Gasteiger partial charge in [-0.2, -0.15) is 17.4 Å². The molecule has 0 amide bonds. The number of nitrogens with one attached hydrogen (secondary N) is 1. The normalized spacial score (nSPS) is 19.5. The lowest BCUT2D eigenvalue weighted by atomic mass is 10.0. The van der Waals surface area contributed by atoms with E-state index < -0.39 is 10.2 Å². The van der Waals surface area contributed by atoms with Gasteiger partial charge >= 0.3 is 0 Å². The van der Waals surface area contributed by atoms with Crippen LogP contribution in [0.4, 0.5) is 0 Å². The van der Waals surface area contributed by atoms with E-state index >= 15 is 0 Å². The third-order valence-corrected chi connectivity index (χ3v) is 5.58. The van der Waals surface area contributed by atoms with Crippen LogP contribution >= 0.6 is 0 Å². The van der Waals surface area contributed by atoms with Crippen LogP contribution in [0.15, 0.2) is 24.3 Å². The molecule has 0 aromatic heterocycles. The van der Waals surface area contributed by atoms with Crippen LogP contribution in [0.25, 0.3) is 0 Å². The summed E-state index contributed by atoms with van der Waals surface area (Å²) in [6.45, 7) is 5.18. The molecule has 1 fully saturated rings. The molecule has 20 heavy (non-hydrogen) atoms. The summed E-state index contributed by atoms with van der Waals surface area (Å²) in [6, 6.07) is 7.69. The predicted molar refractivity (Wildman–Crippen MR) is 81.7 cm³/mol. The maximum atomic E-state index is 12.4. The van der Waals surface area contributed by atoms with E-state index in [1.165, 1.54) is 0 Å². The van der Waals surface area contributed by atoms with E-state index in [0.717, 1.165) is 36.8 Å². The monoisotopic (exact) mass is 296 g/mol. The van der Waals surface area contributed by atoms with Gasteiger partial charge in [-0.25, -0.2) is 0 Å². The molecule has 1 aromatic rings. The first-order valence-electron chi connectivity index (χ1n) is 7.33. The summed E-state index contributed by atoms with van der Waals surface area (Å²) in [5.74, 6) is 0. The summed E-state index contributed by atoms with van der Waals surface area (Å²) in [4.78, 5) is 0. The van der Waals surface area contributed by atoms with Crippen molar-refractivity contribution in [1.82, 2.24) is 9.03 Å². The Labute approximate surface area is 122 Å². The zero-order chi connectivity index (χ0) is 14.6. The Morgan fingerprint density at radius 1 is 1.10 bits per heavy atom. The minimum absolute atomic E-state index is 0.204. The summed E-state index contributed by atoms with van der Waals surface area (Å²) in [7, 11) is -3.39. The number of rotatable bonds is 4. The average molecular weight is 296 g/mol. The Hall–Kier alpha value is -0.910. The molecule has 0 unspecified atom stereocenters. The van der Waals surface area contributed by atoms with Gasteiger partial charge in [0.2, 0.25) is 0 Å². The van der Waals surface area contributed by atoms with E-state index in [1.54, 1.807) is 4.31 Å². The van der Waals surface area contributed by atoms with Crippen molar-refractivity contribution in [3.8, 4) is 0 Å². The first-order valence-corrected chi connectivity index (χ1v) is 8.77. The topological polar surface area (TPSA) is 49.4 Å². The smallest absolute Gasteiger partial charge is 0.195 e. The Morgan fingerprint density at radius 3 is 2.30 bits per heavy atom. The summed E-state index contributed by atoms with van der Waals surface area (Å²) in [5.41, 5.74) is 2.14. The van der Waals surface area contributed by atoms with Crippen molar-refractivity contribution in [3.05, 3.63) is 35.4 Å². The average Bonchev–Trinajstić information content (AvgIpc) is 2.68. The van der Waals surface area contributed by atoms with Crippen molar-refractivity contribution < 1.29 is 8.42 Å². The van der Waals surface area contributed by atoms with Crippen molar-refractivity contribution in [2.45, 2.75) is 45.6 Å². The minimum Gasteiger partial charge on any atom is -0.195 e. The quantitative estimate of drug-likeness (QED) is 0.929. The highest BCUT2D eigenvalue weighted by Crippen LogP contribution is 2.19. The summed E-state index contributed by atoms with van der Waals surface area (Å²) >= 11 is 0. The molecule has 1 atom stereocenters. The lowest BCUT2D eigenvalue weighted by molar-refractivity contribution is 0.409. The molecule has 0 radical (unpaired) electrons. The zero-order valence-electron chi connectivity index (χ0n) is 12.3. The maximum Gasteiger partial charge on any atom is 0.279 e. The fourth-order valence-corrected chi connectivity index (χ4v) is 4.18. The van der Waals surface area contributed by atoms with E-state index in [1.807, 2.05) is 38.1 Å². The highest BCUT2D eigenvalue weighted by atomic mass is 32.2. The third-order valence-electron chi connectivity index (χ3n) is 3.89. The zero-order valence-corrected chi connectivity index (χ0v) is 13.1. The highest BCUT2D eigenvalue weighted by molar-refractivity contribution is 7.87. The Morgan fingerprint density at radius 2 is 1.70 bits per heavy atom. The van der Waals surface area contributed by atoms with Gasteiger partial charge in [0.25, 0.3) is 10.2 Å². The molecular weight excluding hydrogens is 272 g/mol. The Balaban J connectivity index is 2.09. The van der Waals surface area contributed by atoms with E-state index in [9.17, 15) is 8.42 Å². The van der Waals surface area contributed by atoms with Crippen molar-refractivity contribution in [2.75, 3.05) is 13.1 Å². The van der Waals surface area contributed by atoms with Gasteiger partial charge in [0.1, 0.15) is 0 Å². The van der Waals surface area contributed by atoms with Crippen LogP contribution in [-0.4, -0.2) is 25.8 Å². The number of hydrogen-bond donors (Lipinski definition) is 1. The van der Waals surface area contributed by atoms with Gasteiger partial charge in [0.05, 0.1) is 0 Å². The van der Waals surface area contributed by atoms with Gasteiger partial charge < -0.3 is 0 Å². The molecule has 1 aromatic carbocycles. The molecule has 0 aliphatic carbocycles. The largest absolute Gasteiger partial charge is 0.279 e. The molecule has 4 nitrogen and oxygen atoms in total. The van der Waals surface area contributed by atoms with E-state index in [4.69, 9.17) is 0 Å². The number of benzene rings is 1. The first-order chi connectivity index (χ1) is 9.50. The van der Waals surface area contributed by atoms with Crippen molar-refractivity contribution >= 4 is 10.2 Å². The predicted octanol–water partition coefficient (Wildman–Crippen LogP) is 2.77. The second kappa shape index (κ2) is 6.70. The molecule has 5 heteroatoms. The van der Waals surface area contributed by atoms with Crippen LogP contribution in [0.3, 0.4) is 0 Å². The van der Waals surface area contributed by atoms with Gasteiger partial charge in [-0.15, -0.1) is 0 Å². The number of nitrogens with zero attached hydrogens (tertiary/aromatic N) is 1. The molecule has 112 valence electrons. The van der Waals surface area contributed by atoms with Crippen LogP contribution in [0, 0.1) is 6.92 Å². The van der Waals surface area contributed by atoms with Crippen molar-refractivity contribution in [3.63, 3.8) is 0 Å². The van der Waals surface area contributed by atoms with Gasteiger partial charge in [-0.1, -0.05) is 37.1 Å². The number of aryl methyl sites for hydroxylation is 1. The van der Waals surface area contributed by atoms with Gasteiger partial charge in [0.15, 0.2) is 0 Å². The van der Waals surface area contributed by atoms with Gasteiger partial charge in [-0.05, 0) is 37.8 Å². The van der Waals surface area contributed by atoms with Crippen LogP contribution in [0.2, 0.25) is 0 Å². The summed E-state index contributed by atoms with van der Waals surface area (Å²) in [6.07, 6.45) is 4.16. The molecule has 0 spiro atoms. The molecule has 1 aliphatic rings. The van der Waals surface area contributed by atoms with Crippen molar-refractivity contribution in [2.24, 2.45) is 0 Å². The van der Waals surface area contributed by atoms with Gasteiger partial charge in [-0.3, -0.25) is 0 Å². The maximum absolute atomic E-state index is 12.4. The SMILES string of the molecule is Cc1ccccc1[C@@H](C)NS(=O)(=O)N1CCCCCC1. The molecule has 0 saturated carbocycles. The molecule has 1 N–H and O–H groups in total. The van der Waals surface area contributed by atoms with E-state index in [-0.39, 0.29) is 6.04 Å². The summed E-state index contributed by atoms with van der Waals surface area (Å²) in [5, 5.41) is 0. The van der Waals surface area contributed by atoms with Crippen LogP contribution < -0.4 is 4.72 Å². The number of hydrogen-bond acceptors (Lipinski definition) is 2. The first kappa shape index (κ1) is 15.5. The lowest BCUT2D eigenvalue weighted by Gasteiger charge is -2.24. The molecule has 1 saturated heterocycles. The fourth-order valence-electron chi connectivity index (χ4n) is 2.72. The van der Waals surface area contributed by atoms with Gasteiger partial charge in [0, 0.05) is 19.1 Å². The minimum atomic E-state index is -3.39. The van der Waals surface area contributed by atoms with Crippen molar-refractivity contribution in [1.29, 1.82) is 0 Å².